The van der Waals surface area contributed by atoms with Crippen molar-refractivity contribution < 1.29 is 14.3 Å². The Hall–Kier alpha value is -1.88. The fourth-order valence-electron chi connectivity index (χ4n) is 4.97. The molecule has 0 radical (unpaired) electrons. The number of ether oxygens (including phenoxy) is 1. The zero-order valence-electron chi connectivity index (χ0n) is 15.1. The largest absolute Gasteiger partial charge is 0.501 e. The molecule has 132 valence electrons. The second kappa shape index (κ2) is 5.83. The highest BCUT2D eigenvalue weighted by Gasteiger charge is 2.59. The fourth-order valence-corrected chi connectivity index (χ4v) is 7.72. The first-order chi connectivity index (χ1) is 11.9. The van der Waals surface area contributed by atoms with Gasteiger partial charge < -0.3 is 4.74 Å². The Morgan fingerprint density at radius 2 is 1.80 bits per heavy atom. The molecular formula is C20H25NO3Si. The summed E-state index contributed by atoms with van der Waals surface area (Å²) < 4.78 is 5.64. The van der Waals surface area contributed by atoms with Crippen LogP contribution in [0.1, 0.15) is 12.8 Å². The molecule has 5 heteroatoms. The van der Waals surface area contributed by atoms with Gasteiger partial charge >= 0.3 is 0 Å². The number of rotatable bonds is 2. The van der Waals surface area contributed by atoms with E-state index >= 15 is 0 Å². The molecule has 25 heavy (non-hydrogen) atoms. The highest BCUT2D eigenvalue weighted by atomic mass is 28.3. The molecule has 1 unspecified atom stereocenters. The number of benzene rings is 1. The predicted octanol–water partition coefficient (Wildman–Crippen LogP) is 3.82. The van der Waals surface area contributed by atoms with E-state index in [1.807, 2.05) is 36.6 Å². The van der Waals surface area contributed by atoms with Crippen LogP contribution in [0.5, 0.6) is 0 Å². The lowest BCUT2D eigenvalue weighted by Crippen LogP contribution is -2.45. The molecule has 2 heterocycles. The molecule has 2 amide bonds. The second-order valence-corrected chi connectivity index (χ2v) is 13.9. The summed E-state index contributed by atoms with van der Waals surface area (Å²) in [5.74, 6) is -0.0269. The summed E-state index contributed by atoms with van der Waals surface area (Å²) >= 11 is 0. The molecule has 1 saturated heterocycles. The van der Waals surface area contributed by atoms with Gasteiger partial charge in [0.25, 0.3) is 0 Å². The third kappa shape index (κ3) is 2.56. The van der Waals surface area contributed by atoms with E-state index < -0.39 is 8.07 Å². The van der Waals surface area contributed by atoms with Crippen LogP contribution in [0, 0.1) is 17.8 Å². The van der Waals surface area contributed by atoms with E-state index in [1.54, 1.807) is 0 Å². The summed E-state index contributed by atoms with van der Waals surface area (Å²) in [5.41, 5.74) is 2.18. The van der Waals surface area contributed by atoms with Crippen LogP contribution in [0.15, 0.2) is 42.2 Å². The van der Waals surface area contributed by atoms with Crippen molar-refractivity contribution >= 4 is 25.6 Å². The van der Waals surface area contributed by atoms with Gasteiger partial charge in [-0.15, -0.1) is 0 Å². The molecule has 1 saturated carbocycles. The predicted molar refractivity (Wildman–Crippen MR) is 99.8 cm³/mol. The zero-order valence-corrected chi connectivity index (χ0v) is 16.1. The molecule has 4 atom stereocenters. The van der Waals surface area contributed by atoms with E-state index in [2.05, 4.69) is 19.6 Å². The van der Waals surface area contributed by atoms with Crippen LogP contribution in [0.25, 0.3) is 0 Å². The number of anilines is 1. The van der Waals surface area contributed by atoms with E-state index in [0.717, 1.165) is 12.8 Å². The van der Waals surface area contributed by atoms with Crippen LogP contribution >= 0.6 is 0 Å². The van der Waals surface area contributed by atoms with E-state index in [0.29, 0.717) is 18.2 Å². The number of carbonyl (C=O) groups excluding carboxylic acids is 2. The molecule has 2 fully saturated rings. The zero-order chi connectivity index (χ0) is 17.8. The first kappa shape index (κ1) is 16.6. The third-order valence-electron chi connectivity index (χ3n) is 5.96. The number of nitrogens with zero attached hydrogens (tertiary/aromatic N) is 1. The second-order valence-electron chi connectivity index (χ2n) is 8.53. The summed E-state index contributed by atoms with van der Waals surface area (Å²) in [4.78, 5) is 28.0. The highest BCUT2D eigenvalue weighted by Crippen LogP contribution is 2.55. The SMILES string of the molecule is C[Si](C)(C)[C@@H]1C2=COCCC2C[C@H]2C(=O)N(c3ccccc3)C(=O)[C@@H]12. The monoisotopic (exact) mass is 355 g/mol. The number of hydrogen-bond acceptors (Lipinski definition) is 3. The van der Waals surface area contributed by atoms with Crippen molar-refractivity contribution in [1.82, 2.24) is 0 Å². The number of para-hydroxylation sites is 1. The van der Waals surface area contributed by atoms with Gasteiger partial charge in [0.15, 0.2) is 0 Å². The molecule has 3 aliphatic rings. The van der Waals surface area contributed by atoms with Gasteiger partial charge in [-0.05, 0) is 42.0 Å². The topological polar surface area (TPSA) is 46.6 Å². The van der Waals surface area contributed by atoms with Crippen molar-refractivity contribution in [1.29, 1.82) is 0 Å². The number of imide groups is 1. The summed E-state index contributed by atoms with van der Waals surface area (Å²) in [5, 5.41) is 0. The van der Waals surface area contributed by atoms with Gasteiger partial charge in [-0.2, -0.15) is 0 Å². The summed E-state index contributed by atoms with van der Waals surface area (Å²) in [6, 6.07) is 9.37. The van der Waals surface area contributed by atoms with E-state index in [4.69, 9.17) is 4.74 Å². The van der Waals surface area contributed by atoms with Crippen molar-refractivity contribution in [3.63, 3.8) is 0 Å². The van der Waals surface area contributed by atoms with Gasteiger partial charge in [0.1, 0.15) is 0 Å². The lowest BCUT2D eigenvalue weighted by atomic mass is 9.70. The third-order valence-corrected chi connectivity index (χ3v) is 8.51. The minimum atomic E-state index is -1.70. The Labute approximate surface area is 149 Å². The lowest BCUT2D eigenvalue weighted by molar-refractivity contribution is -0.122. The summed E-state index contributed by atoms with van der Waals surface area (Å²) in [6.45, 7) is 7.62. The highest BCUT2D eigenvalue weighted by molar-refractivity contribution is 6.78. The Bertz CT molecular complexity index is 737. The Morgan fingerprint density at radius 3 is 2.48 bits per heavy atom. The fraction of sp³-hybridized carbons (Fsp3) is 0.500. The molecule has 4 rings (SSSR count). The van der Waals surface area contributed by atoms with Crippen LogP contribution in [0.2, 0.25) is 25.2 Å². The molecule has 0 bridgehead atoms. The summed E-state index contributed by atoms with van der Waals surface area (Å²) in [6.07, 6.45) is 3.66. The van der Waals surface area contributed by atoms with Gasteiger partial charge in [0, 0.05) is 0 Å². The number of fused-ring (bicyclic) bond motifs is 2. The molecule has 0 spiro atoms. The summed E-state index contributed by atoms with van der Waals surface area (Å²) in [7, 11) is -1.70. The van der Waals surface area contributed by atoms with Crippen LogP contribution in [0.3, 0.4) is 0 Å². The first-order valence-corrected chi connectivity index (χ1v) is 12.7. The quantitative estimate of drug-likeness (QED) is 0.598. The standard InChI is InChI=1S/C20H25NO3Si/c1-25(2,3)18-16-12-24-10-9-13(16)11-15-17(18)20(23)21(19(15)22)14-7-5-4-6-8-14/h4-8,12-13,15,17-18H,9-11H2,1-3H3/t13?,15-,17-,18-/m1/s1. The minimum Gasteiger partial charge on any atom is -0.501 e. The molecule has 4 nitrogen and oxygen atoms in total. The average Bonchev–Trinajstić information content (AvgIpc) is 2.83. The maximum atomic E-state index is 13.3. The Morgan fingerprint density at radius 1 is 1.08 bits per heavy atom. The number of hydrogen-bond donors (Lipinski definition) is 0. The van der Waals surface area contributed by atoms with Crippen molar-refractivity contribution in [3.05, 3.63) is 42.2 Å². The molecule has 1 aromatic carbocycles. The average molecular weight is 356 g/mol. The van der Waals surface area contributed by atoms with Crippen LogP contribution < -0.4 is 4.90 Å². The Kier molecular flexibility index (Phi) is 3.87. The molecule has 0 N–H and O–H groups in total. The molecule has 2 aliphatic heterocycles. The number of carbonyl (C=O) groups is 2. The maximum Gasteiger partial charge on any atom is 0.238 e. The molecule has 1 aromatic rings. The van der Waals surface area contributed by atoms with Crippen molar-refractivity contribution in [3.8, 4) is 0 Å². The van der Waals surface area contributed by atoms with E-state index in [-0.39, 0.29) is 29.2 Å². The molecule has 0 aromatic heterocycles. The van der Waals surface area contributed by atoms with Crippen LogP contribution in [0.4, 0.5) is 5.69 Å². The lowest BCUT2D eigenvalue weighted by Gasteiger charge is -2.45. The van der Waals surface area contributed by atoms with Gasteiger partial charge in [0.05, 0.1) is 38.5 Å². The molecular weight excluding hydrogens is 330 g/mol. The van der Waals surface area contributed by atoms with E-state index in [9.17, 15) is 9.59 Å². The van der Waals surface area contributed by atoms with Crippen LogP contribution in [-0.4, -0.2) is 26.5 Å². The van der Waals surface area contributed by atoms with Gasteiger partial charge in [-0.3, -0.25) is 14.5 Å². The number of allylic oxidation sites excluding steroid dienone is 1. The normalized spacial score (nSPS) is 32.0. The smallest absolute Gasteiger partial charge is 0.238 e. The Balaban J connectivity index is 1.79. The van der Waals surface area contributed by atoms with Crippen molar-refractivity contribution in [2.45, 2.75) is 38.0 Å². The number of amides is 2. The van der Waals surface area contributed by atoms with Crippen molar-refractivity contribution in [2.75, 3.05) is 11.5 Å². The first-order valence-electron chi connectivity index (χ1n) is 9.14. The van der Waals surface area contributed by atoms with Crippen LogP contribution in [-0.2, 0) is 14.3 Å². The van der Waals surface area contributed by atoms with Gasteiger partial charge in [0.2, 0.25) is 11.8 Å². The molecule has 1 aliphatic carbocycles. The van der Waals surface area contributed by atoms with Crippen molar-refractivity contribution in [2.24, 2.45) is 17.8 Å². The van der Waals surface area contributed by atoms with Gasteiger partial charge in [-0.1, -0.05) is 37.8 Å². The van der Waals surface area contributed by atoms with Gasteiger partial charge in [-0.25, -0.2) is 0 Å². The minimum absolute atomic E-state index is 0.00464. The maximum absolute atomic E-state index is 13.3. The van der Waals surface area contributed by atoms with E-state index in [1.165, 1.54) is 10.5 Å².